The molecule has 0 spiro atoms. The quantitative estimate of drug-likeness (QED) is 0.472. The summed E-state index contributed by atoms with van der Waals surface area (Å²) in [5.41, 5.74) is 3.29. The van der Waals surface area contributed by atoms with Crippen molar-refractivity contribution in [2.45, 2.75) is 12.6 Å². The molecule has 1 unspecified atom stereocenters. The third-order valence-corrected chi connectivity index (χ3v) is 0.684. The van der Waals surface area contributed by atoms with E-state index in [1.54, 1.807) is 0 Å². The third-order valence-electron chi connectivity index (χ3n) is 0.684. The minimum atomic E-state index is -1.61. The molecule has 0 amide bonds. The maximum Gasteiger partial charge on any atom is 0.179 e. The van der Waals surface area contributed by atoms with Gasteiger partial charge in [-0.05, 0) is 6.92 Å². The van der Waals surface area contributed by atoms with Crippen molar-refractivity contribution in [1.82, 2.24) is 0 Å². The molecule has 0 aliphatic heterocycles. The summed E-state index contributed by atoms with van der Waals surface area (Å²) in [6, 6.07) is 0. The van der Waals surface area contributed by atoms with Crippen molar-refractivity contribution >= 4 is 0 Å². The van der Waals surface area contributed by atoms with Crippen molar-refractivity contribution < 1.29 is 4.39 Å². The first-order chi connectivity index (χ1) is 3.12. The second kappa shape index (κ2) is 1.94. The second-order valence-electron chi connectivity index (χ2n) is 1.55. The van der Waals surface area contributed by atoms with E-state index in [-0.39, 0.29) is 6.54 Å². The Kier molecular flexibility index (Phi) is 1.79. The maximum atomic E-state index is 12.2. The van der Waals surface area contributed by atoms with E-state index in [1.807, 2.05) is 5.92 Å². The minimum Gasteiger partial charge on any atom is -0.327 e. The lowest BCUT2D eigenvalue weighted by Crippen LogP contribution is -2.26. The number of hydrogen-bond acceptors (Lipinski definition) is 1. The summed E-state index contributed by atoms with van der Waals surface area (Å²) in [7, 11) is 0. The highest BCUT2D eigenvalue weighted by molar-refractivity contribution is 5.05. The van der Waals surface area contributed by atoms with Crippen LogP contribution in [0.2, 0.25) is 0 Å². The SMILES string of the molecule is C#CC(C)(F)CN. The van der Waals surface area contributed by atoms with Gasteiger partial charge in [0.25, 0.3) is 0 Å². The van der Waals surface area contributed by atoms with Crippen molar-refractivity contribution in [3.05, 3.63) is 0 Å². The summed E-state index contributed by atoms with van der Waals surface area (Å²) >= 11 is 0. The van der Waals surface area contributed by atoms with Crippen LogP contribution in [0, 0.1) is 12.3 Å². The van der Waals surface area contributed by atoms with Crippen LogP contribution >= 0.6 is 0 Å². The van der Waals surface area contributed by atoms with Crippen LogP contribution in [-0.2, 0) is 0 Å². The van der Waals surface area contributed by atoms with E-state index >= 15 is 0 Å². The monoisotopic (exact) mass is 101 g/mol. The molecule has 0 heterocycles. The molecule has 1 nitrogen and oxygen atoms in total. The molecule has 1 atom stereocenters. The molecule has 0 saturated heterocycles. The van der Waals surface area contributed by atoms with E-state index in [9.17, 15) is 4.39 Å². The number of alkyl halides is 1. The highest BCUT2D eigenvalue weighted by Crippen LogP contribution is 2.02. The fourth-order valence-electron chi connectivity index (χ4n) is 0.0589. The first-order valence-corrected chi connectivity index (χ1v) is 1.99. The Morgan fingerprint density at radius 2 is 2.43 bits per heavy atom. The molecule has 7 heavy (non-hydrogen) atoms. The van der Waals surface area contributed by atoms with E-state index in [2.05, 4.69) is 0 Å². The zero-order valence-electron chi connectivity index (χ0n) is 4.24. The average molecular weight is 101 g/mol. The summed E-state index contributed by atoms with van der Waals surface area (Å²) in [4.78, 5) is 0. The van der Waals surface area contributed by atoms with Crippen molar-refractivity contribution in [2.75, 3.05) is 6.54 Å². The van der Waals surface area contributed by atoms with Crippen LogP contribution in [0.15, 0.2) is 0 Å². The van der Waals surface area contributed by atoms with Crippen LogP contribution in [0.25, 0.3) is 0 Å². The number of halogens is 1. The van der Waals surface area contributed by atoms with Gasteiger partial charge in [0.2, 0.25) is 0 Å². The van der Waals surface area contributed by atoms with Gasteiger partial charge in [0.15, 0.2) is 5.67 Å². The molecular weight excluding hydrogens is 93.1 g/mol. The van der Waals surface area contributed by atoms with E-state index in [0.717, 1.165) is 0 Å². The van der Waals surface area contributed by atoms with Gasteiger partial charge >= 0.3 is 0 Å². The molecule has 0 saturated carbocycles. The fourth-order valence-corrected chi connectivity index (χ4v) is 0.0589. The van der Waals surface area contributed by atoms with Gasteiger partial charge in [0, 0.05) is 6.54 Å². The van der Waals surface area contributed by atoms with Crippen LogP contribution in [0.1, 0.15) is 6.92 Å². The number of rotatable bonds is 1. The van der Waals surface area contributed by atoms with Crippen LogP contribution in [0.3, 0.4) is 0 Å². The molecule has 0 bridgehead atoms. The molecule has 0 fully saturated rings. The van der Waals surface area contributed by atoms with Gasteiger partial charge in [-0.3, -0.25) is 0 Å². The predicted molar refractivity (Wildman–Crippen MR) is 27.4 cm³/mol. The van der Waals surface area contributed by atoms with Crippen molar-refractivity contribution in [3.63, 3.8) is 0 Å². The van der Waals surface area contributed by atoms with Gasteiger partial charge in [-0.1, -0.05) is 5.92 Å². The Balaban J connectivity index is 3.66. The highest BCUT2D eigenvalue weighted by Gasteiger charge is 2.14. The molecule has 0 aliphatic carbocycles. The summed E-state index contributed by atoms with van der Waals surface area (Å²) < 4.78 is 12.2. The van der Waals surface area contributed by atoms with E-state index in [4.69, 9.17) is 12.2 Å². The lowest BCUT2D eigenvalue weighted by atomic mass is 10.1. The van der Waals surface area contributed by atoms with Crippen molar-refractivity contribution in [3.8, 4) is 12.3 Å². The van der Waals surface area contributed by atoms with Gasteiger partial charge in [-0.2, -0.15) is 0 Å². The molecule has 0 aromatic rings. The molecule has 0 aliphatic rings. The van der Waals surface area contributed by atoms with Gasteiger partial charge in [0.1, 0.15) is 0 Å². The molecule has 0 radical (unpaired) electrons. The van der Waals surface area contributed by atoms with Gasteiger partial charge in [-0.25, -0.2) is 4.39 Å². The van der Waals surface area contributed by atoms with Crippen molar-refractivity contribution in [1.29, 1.82) is 0 Å². The average Bonchev–Trinajstić information content (AvgIpc) is 1.68. The fraction of sp³-hybridized carbons (Fsp3) is 0.600. The standard InChI is InChI=1S/C5H8FN/c1-3-5(2,6)4-7/h1H,4,7H2,2H3. The largest absolute Gasteiger partial charge is 0.327 e. The van der Waals surface area contributed by atoms with E-state index in [0.29, 0.717) is 0 Å². The first-order valence-electron chi connectivity index (χ1n) is 1.99. The topological polar surface area (TPSA) is 26.0 Å². The van der Waals surface area contributed by atoms with E-state index < -0.39 is 5.67 Å². The molecule has 2 N–H and O–H groups in total. The van der Waals surface area contributed by atoms with Crippen LogP contribution in [-0.4, -0.2) is 12.2 Å². The maximum absolute atomic E-state index is 12.2. The molecular formula is C5H8FN. The minimum absolute atomic E-state index is 0.108. The summed E-state index contributed by atoms with van der Waals surface area (Å²) in [6.07, 6.45) is 4.71. The number of terminal acetylenes is 1. The Labute approximate surface area is 42.7 Å². The summed E-state index contributed by atoms with van der Waals surface area (Å²) in [5, 5.41) is 0. The Hall–Kier alpha value is -0.550. The summed E-state index contributed by atoms with van der Waals surface area (Å²) in [6.45, 7) is 1.16. The smallest absolute Gasteiger partial charge is 0.179 e. The Morgan fingerprint density at radius 3 is 2.43 bits per heavy atom. The van der Waals surface area contributed by atoms with Gasteiger partial charge in [-0.15, -0.1) is 6.42 Å². The zero-order valence-corrected chi connectivity index (χ0v) is 4.24. The van der Waals surface area contributed by atoms with Crippen molar-refractivity contribution in [2.24, 2.45) is 5.73 Å². The predicted octanol–water partition coefficient (Wildman–Crippen LogP) is 0.307. The number of nitrogens with two attached hydrogens (primary N) is 1. The van der Waals surface area contributed by atoms with Gasteiger partial charge in [0.05, 0.1) is 0 Å². The van der Waals surface area contributed by atoms with Gasteiger partial charge < -0.3 is 5.73 Å². The van der Waals surface area contributed by atoms with Crippen LogP contribution in [0.4, 0.5) is 4.39 Å². The van der Waals surface area contributed by atoms with Crippen LogP contribution < -0.4 is 5.73 Å². The third kappa shape index (κ3) is 2.18. The summed E-state index contributed by atoms with van der Waals surface area (Å²) in [5.74, 6) is 1.90. The number of hydrogen-bond donors (Lipinski definition) is 1. The normalized spacial score (nSPS) is 17.4. The first kappa shape index (κ1) is 6.45. The van der Waals surface area contributed by atoms with E-state index in [1.165, 1.54) is 6.92 Å². The highest BCUT2D eigenvalue weighted by atomic mass is 19.1. The van der Waals surface area contributed by atoms with Crippen LogP contribution in [0.5, 0.6) is 0 Å². The Morgan fingerprint density at radius 1 is 2.00 bits per heavy atom. The molecule has 2 heteroatoms. The molecule has 0 aromatic heterocycles. The lowest BCUT2D eigenvalue weighted by molar-refractivity contribution is 0.281. The molecule has 0 rings (SSSR count). The second-order valence-corrected chi connectivity index (χ2v) is 1.55. The molecule has 0 aromatic carbocycles. The lowest BCUT2D eigenvalue weighted by Gasteiger charge is -2.06. The molecule has 40 valence electrons. The zero-order chi connectivity index (χ0) is 5.91. The Bertz CT molecular complexity index is 90.7.